The lowest BCUT2D eigenvalue weighted by Gasteiger charge is -2.36. The van der Waals surface area contributed by atoms with Gasteiger partial charge in [0.15, 0.2) is 11.5 Å². The van der Waals surface area contributed by atoms with Gasteiger partial charge in [0, 0.05) is 48.8 Å². The maximum Gasteiger partial charge on any atom is 0.355 e. The van der Waals surface area contributed by atoms with Crippen LogP contribution in [0.1, 0.15) is 30.0 Å². The molecule has 7 rings (SSSR count). The van der Waals surface area contributed by atoms with Crippen LogP contribution in [0.4, 0.5) is 4.79 Å². The van der Waals surface area contributed by atoms with Crippen LogP contribution in [0.5, 0.6) is 11.5 Å². The van der Waals surface area contributed by atoms with Crippen LogP contribution in [0.15, 0.2) is 29.1 Å². The normalized spacial score (nSPS) is 20.5. The summed E-state index contributed by atoms with van der Waals surface area (Å²) < 4.78 is 23.8. The number of rotatable bonds is 4. The van der Waals surface area contributed by atoms with Crippen molar-refractivity contribution in [3.63, 3.8) is 0 Å². The van der Waals surface area contributed by atoms with Crippen molar-refractivity contribution in [2.24, 2.45) is 0 Å². The number of hydrogen-bond donors (Lipinski definition) is 1. The average Bonchev–Trinajstić information content (AvgIpc) is 3.59. The maximum absolute atomic E-state index is 13.7. The van der Waals surface area contributed by atoms with Crippen molar-refractivity contribution in [1.82, 2.24) is 24.7 Å². The van der Waals surface area contributed by atoms with Crippen LogP contribution in [0.2, 0.25) is 0 Å². The van der Waals surface area contributed by atoms with E-state index in [9.17, 15) is 19.2 Å². The number of esters is 2. The second-order valence-electron chi connectivity index (χ2n) is 10.9. The number of aromatic nitrogens is 2. The number of amides is 2. The predicted molar refractivity (Wildman–Crippen MR) is 147 cm³/mol. The van der Waals surface area contributed by atoms with Gasteiger partial charge in [-0.2, -0.15) is 0 Å². The summed E-state index contributed by atoms with van der Waals surface area (Å²) >= 11 is 0. The summed E-state index contributed by atoms with van der Waals surface area (Å²) in [6.45, 7) is 3.99. The van der Waals surface area contributed by atoms with E-state index in [4.69, 9.17) is 23.9 Å². The van der Waals surface area contributed by atoms with Crippen molar-refractivity contribution in [2.45, 2.75) is 32.1 Å². The van der Waals surface area contributed by atoms with Gasteiger partial charge in [0.05, 0.1) is 29.0 Å². The molecule has 218 valence electrons. The third kappa shape index (κ3) is 4.06. The molecule has 1 atom stereocenters. The number of benzene rings is 1. The molecule has 13 heteroatoms. The van der Waals surface area contributed by atoms with Gasteiger partial charge < -0.3 is 38.6 Å². The van der Waals surface area contributed by atoms with E-state index in [2.05, 4.69) is 10.2 Å². The number of carbonyl (C=O) groups excluding carboxylic acids is 3. The van der Waals surface area contributed by atoms with E-state index < -0.39 is 24.1 Å². The van der Waals surface area contributed by atoms with E-state index >= 15 is 0 Å². The molecule has 42 heavy (non-hydrogen) atoms. The third-order valence-electron chi connectivity index (χ3n) is 8.43. The predicted octanol–water partition coefficient (Wildman–Crippen LogP) is 1.32. The van der Waals surface area contributed by atoms with Crippen LogP contribution < -0.4 is 20.3 Å². The Hall–Kier alpha value is -4.65. The van der Waals surface area contributed by atoms with Crippen LogP contribution in [-0.2, 0) is 37.8 Å². The zero-order valence-electron chi connectivity index (χ0n) is 23.2. The minimum atomic E-state index is -1.84. The van der Waals surface area contributed by atoms with Crippen molar-refractivity contribution >= 4 is 28.9 Å². The molecule has 4 aliphatic heterocycles. The van der Waals surface area contributed by atoms with Gasteiger partial charge >= 0.3 is 18.0 Å². The first-order chi connectivity index (χ1) is 20.3. The summed E-state index contributed by atoms with van der Waals surface area (Å²) in [5.74, 6) is -0.351. The molecule has 13 nitrogen and oxygen atoms in total. The van der Waals surface area contributed by atoms with Crippen molar-refractivity contribution in [2.75, 3.05) is 46.6 Å². The fourth-order valence-electron chi connectivity index (χ4n) is 6.03. The Balaban J connectivity index is 1.21. The Labute approximate surface area is 239 Å². The number of carbonyl (C=O) groups is 3. The Morgan fingerprint density at radius 3 is 2.57 bits per heavy atom. The first-order valence-corrected chi connectivity index (χ1v) is 13.9. The number of ether oxygens (including phenoxy) is 4. The first kappa shape index (κ1) is 26.3. The molecule has 1 N–H and O–H groups in total. The highest BCUT2D eigenvalue weighted by Gasteiger charge is 2.50. The summed E-state index contributed by atoms with van der Waals surface area (Å²) in [5.41, 5.74) is 0.937. The van der Waals surface area contributed by atoms with Gasteiger partial charge in [-0.15, -0.1) is 0 Å². The molecule has 6 heterocycles. The molecule has 0 unspecified atom stereocenters. The molecule has 4 aliphatic rings. The van der Waals surface area contributed by atoms with Crippen molar-refractivity contribution in [1.29, 1.82) is 0 Å². The van der Waals surface area contributed by atoms with E-state index in [1.807, 2.05) is 19.2 Å². The largest absolute Gasteiger partial charge is 0.457 e. The number of likely N-dealkylation sites (N-methyl/N-ethyl adjacent to an activating group) is 1. The standard InChI is InChI=1S/C29H29N5O8/c1-3-29(42-24(35)12-30-28(38)33-6-4-32(2)5-7-33)19-10-21-25-17(13-34(21)26(36)18(19)14-39-27(29)37)8-16-9-22-23(41-15-40-22)11-20(16)31-25/h8-11H,3-7,12-15H2,1-2H3,(H,30,38)/t29-/m0/s1. The molecule has 0 bridgehead atoms. The Morgan fingerprint density at radius 1 is 1.05 bits per heavy atom. The van der Waals surface area contributed by atoms with Crippen LogP contribution in [0, 0.1) is 0 Å². The maximum atomic E-state index is 13.7. The number of cyclic esters (lactones) is 1. The Kier molecular flexibility index (Phi) is 6.08. The van der Waals surface area contributed by atoms with Gasteiger partial charge in [0.2, 0.25) is 12.4 Å². The first-order valence-electron chi connectivity index (χ1n) is 13.9. The minimum absolute atomic E-state index is 0.0291. The lowest BCUT2D eigenvalue weighted by atomic mass is 9.85. The molecule has 2 amide bonds. The van der Waals surface area contributed by atoms with Gasteiger partial charge in [-0.25, -0.2) is 14.6 Å². The number of fused-ring (bicyclic) bond motifs is 6. The van der Waals surface area contributed by atoms with E-state index in [1.54, 1.807) is 28.5 Å². The number of pyridine rings is 2. The molecule has 3 aromatic rings. The highest BCUT2D eigenvalue weighted by atomic mass is 16.7. The molecule has 0 aliphatic carbocycles. The van der Waals surface area contributed by atoms with Crippen LogP contribution in [0.3, 0.4) is 0 Å². The lowest BCUT2D eigenvalue weighted by molar-refractivity contribution is -0.188. The summed E-state index contributed by atoms with van der Waals surface area (Å²) in [6, 6.07) is 6.93. The van der Waals surface area contributed by atoms with Gasteiger partial charge in [-0.05, 0) is 31.7 Å². The SMILES string of the molecule is CC[C@@]1(OC(=O)CNC(=O)N2CCN(C)CC2)C(=O)OCc2c1cc1n(c2=O)Cc2cc3cc4c(cc3nc2-1)OCO4. The summed E-state index contributed by atoms with van der Waals surface area (Å²) in [4.78, 5) is 61.2. The molecular formula is C29H29N5O8. The monoisotopic (exact) mass is 575 g/mol. The number of piperazine rings is 1. The third-order valence-corrected chi connectivity index (χ3v) is 8.43. The lowest BCUT2D eigenvalue weighted by Crippen LogP contribution is -2.52. The second-order valence-corrected chi connectivity index (χ2v) is 10.9. The molecular weight excluding hydrogens is 546 g/mol. The van der Waals surface area contributed by atoms with Gasteiger partial charge in [-0.1, -0.05) is 6.92 Å². The second kappa shape index (κ2) is 9.72. The highest BCUT2D eigenvalue weighted by molar-refractivity contribution is 5.90. The van der Waals surface area contributed by atoms with Gasteiger partial charge in [0.25, 0.3) is 5.56 Å². The number of hydrogen-bond acceptors (Lipinski definition) is 10. The molecule has 0 saturated carbocycles. The zero-order chi connectivity index (χ0) is 29.2. The van der Waals surface area contributed by atoms with Gasteiger partial charge in [-0.3, -0.25) is 9.59 Å². The summed E-state index contributed by atoms with van der Waals surface area (Å²) in [7, 11) is 1.98. The molecule has 2 aromatic heterocycles. The average molecular weight is 576 g/mol. The van der Waals surface area contributed by atoms with Crippen molar-refractivity contribution in [3.05, 3.63) is 51.3 Å². The van der Waals surface area contributed by atoms with Gasteiger partial charge in [0.1, 0.15) is 13.2 Å². The number of nitrogens with zero attached hydrogens (tertiary/aromatic N) is 4. The number of urea groups is 1. The molecule has 0 spiro atoms. The smallest absolute Gasteiger partial charge is 0.355 e. The Morgan fingerprint density at radius 2 is 1.81 bits per heavy atom. The Bertz CT molecular complexity index is 1730. The fraction of sp³-hybridized carbons (Fsp3) is 0.414. The molecule has 0 radical (unpaired) electrons. The van der Waals surface area contributed by atoms with E-state index in [0.717, 1.165) is 24.0 Å². The summed E-state index contributed by atoms with van der Waals surface area (Å²) in [5, 5.41) is 3.43. The van der Waals surface area contributed by atoms with Crippen molar-refractivity contribution in [3.8, 4) is 22.9 Å². The fourth-order valence-corrected chi connectivity index (χ4v) is 6.03. The van der Waals surface area contributed by atoms with Crippen LogP contribution in [0.25, 0.3) is 22.3 Å². The summed E-state index contributed by atoms with van der Waals surface area (Å²) in [6.07, 6.45) is 0.0291. The highest BCUT2D eigenvalue weighted by Crippen LogP contribution is 2.42. The van der Waals surface area contributed by atoms with E-state index in [-0.39, 0.29) is 42.5 Å². The van der Waals surface area contributed by atoms with E-state index in [0.29, 0.717) is 48.0 Å². The topological polar surface area (TPSA) is 142 Å². The zero-order valence-corrected chi connectivity index (χ0v) is 23.2. The van der Waals surface area contributed by atoms with Crippen LogP contribution >= 0.6 is 0 Å². The molecule has 1 saturated heterocycles. The molecule has 1 fully saturated rings. The van der Waals surface area contributed by atoms with E-state index in [1.165, 1.54) is 0 Å². The minimum Gasteiger partial charge on any atom is -0.457 e. The van der Waals surface area contributed by atoms with Crippen LogP contribution in [-0.4, -0.2) is 83.9 Å². The quantitative estimate of drug-likeness (QED) is 0.354. The van der Waals surface area contributed by atoms with Crippen molar-refractivity contribution < 1.29 is 33.3 Å². The number of nitrogens with one attached hydrogen (secondary N) is 1. The molecule has 1 aromatic carbocycles.